The van der Waals surface area contributed by atoms with Crippen LogP contribution in [0.25, 0.3) is 10.9 Å². The van der Waals surface area contributed by atoms with E-state index in [2.05, 4.69) is 9.80 Å². The van der Waals surface area contributed by atoms with Crippen molar-refractivity contribution < 1.29 is 9.84 Å². The fourth-order valence-electron chi connectivity index (χ4n) is 4.43. The Morgan fingerprint density at radius 1 is 1.07 bits per heavy atom. The molecule has 0 bridgehead atoms. The van der Waals surface area contributed by atoms with Crippen molar-refractivity contribution in [2.45, 2.75) is 31.8 Å². The maximum Gasteiger partial charge on any atom is 0.261 e. The number of aliphatic hydroxyl groups is 1. The molecule has 0 aliphatic carbocycles. The zero-order valence-electron chi connectivity index (χ0n) is 16.4. The summed E-state index contributed by atoms with van der Waals surface area (Å²) in [5.41, 5.74) is 0.694. The number of likely N-dealkylation sites (tertiary alicyclic amines) is 1. The van der Waals surface area contributed by atoms with Gasteiger partial charge in [-0.25, -0.2) is 4.98 Å². The van der Waals surface area contributed by atoms with E-state index in [0.29, 0.717) is 11.9 Å². The SMILES string of the molecule is O=c1c2ccccc2nc(C2CCCN2CCN2CCCOCC2)n1CCO. The van der Waals surface area contributed by atoms with Crippen molar-refractivity contribution in [3.05, 3.63) is 40.4 Å². The van der Waals surface area contributed by atoms with Gasteiger partial charge in [0.25, 0.3) is 5.56 Å². The van der Waals surface area contributed by atoms with Gasteiger partial charge in [-0.2, -0.15) is 0 Å². The van der Waals surface area contributed by atoms with Gasteiger partial charge in [0, 0.05) is 32.8 Å². The highest BCUT2D eigenvalue weighted by Gasteiger charge is 2.30. The second-order valence-electron chi connectivity index (χ2n) is 7.67. The summed E-state index contributed by atoms with van der Waals surface area (Å²) < 4.78 is 7.24. The monoisotopic (exact) mass is 386 g/mol. The van der Waals surface area contributed by atoms with Crippen LogP contribution >= 0.6 is 0 Å². The van der Waals surface area contributed by atoms with Crippen molar-refractivity contribution in [3.63, 3.8) is 0 Å². The summed E-state index contributed by atoms with van der Waals surface area (Å²) >= 11 is 0. The molecule has 2 saturated heterocycles. The Hall–Kier alpha value is -1.80. The zero-order chi connectivity index (χ0) is 19.3. The molecule has 3 heterocycles. The summed E-state index contributed by atoms with van der Waals surface area (Å²) in [5, 5.41) is 10.1. The van der Waals surface area contributed by atoms with Crippen molar-refractivity contribution in [2.24, 2.45) is 0 Å². The van der Waals surface area contributed by atoms with E-state index in [1.54, 1.807) is 4.57 Å². The maximum absolute atomic E-state index is 13.0. The van der Waals surface area contributed by atoms with Gasteiger partial charge in [-0.3, -0.25) is 19.2 Å². The minimum atomic E-state index is -0.0621. The Morgan fingerprint density at radius 2 is 1.96 bits per heavy atom. The number of rotatable bonds is 6. The van der Waals surface area contributed by atoms with Crippen molar-refractivity contribution in [2.75, 3.05) is 52.5 Å². The number of fused-ring (bicyclic) bond motifs is 1. The van der Waals surface area contributed by atoms with Crippen LogP contribution in [0.3, 0.4) is 0 Å². The highest BCUT2D eigenvalue weighted by atomic mass is 16.5. The molecule has 4 rings (SSSR count). The highest BCUT2D eigenvalue weighted by Crippen LogP contribution is 2.30. The van der Waals surface area contributed by atoms with Gasteiger partial charge < -0.3 is 9.84 Å². The molecule has 28 heavy (non-hydrogen) atoms. The van der Waals surface area contributed by atoms with Crippen LogP contribution in [0, 0.1) is 0 Å². The van der Waals surface area contributed by atoms with Crippen molar-refractivity contribution in [3.8, 4) is 0 Å². The molecule has 152 valence electrons. The first kappa shape index (κ1) is 19.5. The number of hydrogen-bond donors (Lipinski definition) is 1. The van der Waals surface area contributed by atoms with E-state index in [0.717, 1.165) is 76.5 Å². The summed E-state index contributed by atoms with van der Waals surface area (Å²) in [7, 11) is 0. The van der Waals surface area contributed by atoms with Gasteiger partial charge in [-0.1, -0.05) is 12.1 Å². The first-order chi connectivity index (χ1) is 13.8. The molecular weight excluding hydrogens is 356 g/mol. The van der Waals surface area contributed by atoms with Crippen LogP contribution in [0.15, 0.2) is 29.1 Å². The largest absolute Gasteiger partial charge is 0.395 e. The normalized spacial score (nSPS) is 22.0. The Labute approximate surface area is 165 Å². The molecule has 0 saturated carbocycles. The summed E-state index contributed by atoms with van der Waals surface area (Å²) in [6, 6.07) is 7.63. The summed E-state index contributed by atoms with van der Waals surface area (Å²) in [4.78, 5) is 22.8. The van der Waals surface area contributed by atoms with Crippen LogP contribution < -0.4 is 5.56 Å². The lowest BCUT2D eigenvalue weighted by molar-refractivity contribution is 0.136. The molecule has 0 spiro atoms. The summed E-state index contributed by atoms with van der Waals surface area (Å²) in [6.07, 6.45) is 3.20. The number of aliphatic hydroxyl groups excluding tert-OH is 1. The van der Waals surface area contributed by atoms with Gasteiger partial charge in [0.15, 0.2) is 0 Å². The fraction of sp³-hybridized carbons (Fsp3) is 0.619. The molecule has 1 N–H and O–H groups in total. The van der Waals surface area contributed by atoms with E-state index in [4.69, 9.17) is 9.72 Å². The lowest BCUT2D eigenvalue weighted by Crippen LogP contribution is -2.38. The second kappa shape index (κ2) is 9.13. The Bertz CT molecular complexity index is 845. The number of para-hydroxylation sites is 1. The molecule has 1 unspecified atom stereocenters. The van der Waals surface area contributed by atoms with Crippen LogP contribution in [-0.2, 0) is 11.3 Å². The van der Waals surface area contributed by atoms with E-state index in [1.165, 1.54) is 0 Å². The number of aromatic nitrogens is 2. The van der Waals surface area contributed by atoms with Crippen LogP contribution in [-0.4, -0.2) is 77.0 Å². The summed E-state index contributed by atoms with van der Waals surface area (Å²) in [6.45, 7) is 6.97. The minimum Gasteiger partial charge on any atom is -0.395 e. The lowest BCUT2D eigenvalue weighted by Gasteiger charge is -2.29. The predicted molar refractivity (Wildman–Crippen MR) is 109 cm³/mol. The van der Waals surface area contributed by atoms with Crippen LogP contribution in [0.2, 0.25) is 0 Å². The van der Waals surface area contributed by atoms with E-state index in [1.807, 2.05) is 24.3 Å². The molecule has 7 nitrogen and oxygen atoms in total. The van der Waals surface area contributed by atoms with Crippen LogP contribution in [0.4, 0.5) is 0 Å². The molecule has 1 atom stereocenters. The van der Waals surface area contributed by atoms with Crippen molar-refractivity contribution in [1.82, 2.24) is 19.4 Å². The molecule has 1 aromatic heterocycles. The molecule has 2 aromatic rings. The lowest BCUT2D eigenvalue weighted by atomic mass is 10.1. The van der Waals surface area contributed by atoms with Gasteiger partial charge in [0.2, 0.25) is 0 Å². The number of hydrogen-bond acceptors (Lipinski definition) is 6. The highest BCUT2D eigenvalue weighted by molar-refractivity contribution is 5.77. The first-order valence-electron chi connectivity index (χ1n) is 10.4. The van der Waals surface area contributed by atoms with Gasteiger partial charge in [-0.05, 0) is 37.9 Å². The third-order valence-electron chi connectivity index (χ3n) is 5.89. The van der Waals surface area contributed by atoms with Crippen LogP contribution in [0.5, 0.6) is 0 Å². The minimum absolute atomic E-state index is 0.0498. The smallest absolute Gasteiger partial charge is 0.261 e. The second-order valence-corrected chi connectivity index (χ2v) is 7.67. The van der Waals surface area contributed by atoms with Crippen molar-refractivity contribution >= 4 is 10.9 Å². The van der Waals surface area contributed by atoms with E-state index in [-0.39, 0.29) is 18.2 Å². The third kappa shape index (κ3) is 4.12. The molecule has 2 fully saturated rings. The predicted octanol–water partition coefficient (Wildman–Crippen LogP) is 1.25. The van der Waals surface area contributed by atoms with Crippen LogP contribution in [0.1, 0.15) is 31.1 Å². The Balaban J connectivity index is 1.58. The molecule has 0 amide bonds. The van der Waals surface area contributed by atoms with Crippen molar-refractivity contribution in [1.29, 1.82) is 0 Å². The fourth-order valence-corrected chi connectivity index (χ4v) is 4.43. The van der Waals surface area contributed by atoms with Gasteiger partial charge >= 0.3 is 0 Å². The molecular formula is C21H30N4O3. The molecule has 0 radical (unpaired) electrons. The van der Waals surface area contributed by atoms with E-state index >= 15 is 0 Å². The summed E-state index contributed by atoms with van der Waals surface area (Å²) in [5.74, 6) is 0.800. The Morgan fingerprint density at radius 3 is 2.86 bits per heavy atom. The Kier molecular flexibility index (Phi) is 6.36. The van der Waals surface area contributed by atoms with Gasteiger partial charge in [0.1, 0.15) is 5.82 Å². The zero-order valence-corrected chi connectivity index (χ0v) is 16.4. The van der Waals surface area contributed by atoms with Gasteiger partial charge in [-0.15, -0.1) is 0 Å². The molecule has 2 aliphatic rings. The number of nitrogens with zero attached hydrogens (tertiary/aromatic N) is 4. The maximum atomic E-state index is 13.0. The standard InChI is InChI=1S/C21H30N4O3/c26-14-12-25-20(22-18-6-2-1-5-17(18)21(25)27)19-7-3-9-24(19)11-10-23-8-4-15-28-16-13-23/h1-2,5-6,19,26H,3-4,7-16H2. The van der Waals surface area contributed by atoms with E-state index in [9.17, 15) is 9.90 Å². The number of ether oxygens (including phenoxy) is 1. The topological polar surface area (TPSA) is 70.8 Å². The molecule has 1 aromatic carbocycles. The third-order valence-corrected chi connectivity index (χ3v) is 5.89. The average Bonchev–Trinajstić information content (AvgIpc) is 3.02. The first-order valence-corrected chi connectivity index (χ1v) is 10.4. The molecule has 2 aliphatic heterocycles. The quantitative estimate of drug-likeness (QED) is 0.806. The van der Waals surface area contributed by atoms with Gasteiger partial charge in [0.05, 0.1) is 36.7 Å². The average molecular weight is 386 g/mol. The molecule has 7 heteroatoms. The number of benzene rings is 1. The van der Waals surface area contributed by atoms with E-state index < -0.39 is 0 Å².